The summed E-state index contributed by atoms with van der Waals surface area (Å²) in [5, 5.41) is 7.38. The van der Waals surface area contributed by atoms with E-state index in [-0.39, 0.29) is 17.7 Å². The SMILES string of the molecule is CNC(=O)CN1CCN(C(=O)C(Cc2ccccc2)NC(=O)c2cccs2)CC1. The van der Waals surface area contributed by atoms with Gasteiger partial charge in [-0.05, 0) is 17.0 Å². The van der Waals surface area contributed by atoms with Gasteiger partial charge in [0.05, 0.1) is 11.4 Å². The lowest BCUT2D eigenvalue weighted by Gasteiger charge is -2.36. The molecule has 2 heterocycles. The number of carbonyl (C=O) groups excluding carboxylic acids is 3. The molecule has 154 valence electrons. The molecule has 1 aromatic heterocycles. The van der Waals surface area contributed by atoms with Gasteiger partial charge in [0.2, 0.25) is 11.8 Å². The third-order valence-corrected chi connectivity index (χ3v) is 5.83. The molecule has 1 atom stereocenters. The van der Waals surface area contributed by atoms with Crippen molar-refractivity contribution in [3.05, 3.63) is 58.3 Å². The van der Waals surface area contributed by atoms with Crippen molar-refractivity contribution in [3.63, 3.8) is 0 Å². The molecule has 1 fully saturated rings. The first-order chi connectivity index (χ1) is 14.1. The number of hydrogen-bond acceptors (Lipinski definition) is 5. The van der Waals surface area contributed by atoms with Gasteiger partial charge in [-0.2, -0.15) is 0 Å². The third-order valence-electron chi connectivity index (χ3n) is 4.96. The molecule has 7 nitrogen and oxygen atoms in total. The van der Waals surface area contributed by atoms with Crippen LogP contribution in [0.15, 0.2) is 47.8 Å². The second kappa shape index (κ2) is 10.2. The van der Waals surface area contributed by atoms with Gasteiger partial charge in [0, 0.05) is 39.6 Å². The molecule has 2 N–H and O–H groups in total. The minimum absolute atomic E-state index is 0.0325. The topological polar surface area (TPSA) is 81.8 Å². The van der Waals surface area contributed by atoms with Gasteiger partial charge in [-0.25, -0.2) is 0 Å². The Kier molecular flexibility index (Phi) is 7.37. The average Bonchev–Trinajstić information content (AvgIpc) is 3.29. The van der Waals surface area contributed by atoms with Gasteiger partial charge in [0.1, 0.15) is 6.04 Å². The Morgan fingerprint density at radius 3 is 2.38 bits per heavy atom. The van der Waals surface area contributed by atoms with Gasteiger partial charge in [-0.15, -0.1) is 11.3 Å². The minimum atomic E-state index is -0.627. The summed E-state index contributed by atoms with van der Waals surface area (Å²) in [6, 6.07) is 12.6. The first-order valence-electron chi connectivity index (χ1n) is 9.67. The number of rotatable bonds is 7. The highest BCUT2D eigenvalue weighted by Crippen LogP contribution is 2.12. The van der Waals surface area contributed by atoms with Crippen molar-refractivity contribution in [2.75, 3.05) is 39.8 Å². The standard InChI is InChI=1S/C21H26N4O3S/c1-22-19(26)15-24-9-11-25(12-10-24)21(28)17(14-16-6-3-2-4-7-16)23-20(27)18-8-5-13-29-18/h2-8,13,17H,9-12,14-15H2,1H3,(H,22,26)(H,23,27). The average molecular weight is 415 g/mol. The summed E-state index contributed by atoms with van der Waals surface area (Å²) in [5.74, 6) is -0.346. The predicted molar refractivity (Wildman–Crippen MR) is 113 cm³/mol. The number of benzene rings is 1. The van der Waals surface area contributed by atoms with Gasteiger partial charge in [-0.3, -0.25) is 19.3 Å². The van der Waals surface area contributed by atoms with Crippen LogP contribution >= 0.6 is 11.3 Å². The molecule has 0 spiro atoms. The van der Waals surface area contributed by atoms with E-state index in [2.05, 4.69) is 10.6 Å². The fourth-order valence-corrected chi connectivity index (χ4v) is 3.94. The quantitative estimate of drug-likeness (QED) is 0.708. The first kappa shape index (κ1) is 21.0. The number of nitrogens with zero attached hydrogens (tertiary/aromatic N) is 2. The van der Waals surface area contributed by atoms with E-state index in [9.17, 15) is 14.4 Å². The van der Waals surface area contributed by atoms with E-state index in [4.69, 9.17) is 0 Å². The van der Waals surface area contributed by atoms with Crippen LogP contribution in [0.4, 0.5) is 0 Å². The summed E-state index contributed by atoms with van der Waals surface area (Å²) in [4.78, 5) is 41.7. The summed E-state index contributed by atoms with van der Waals surface area (Å²) < 4.78 is 0. The Hall–Kier alpha value is -2.71. The summed E-state index contributed by atoms with van der Waals surface area (Å²) in [6.07, 6.45) is 0.440. The van der Waals surface area contributed by atoms with Crippen molar-refractivity contribution >= 4 is 29.1 Å². The number of likely N-dealkylation sites (N-methyl/N-ethyl adjacent to an activating group) is 1. The highest BCUT2D eigenvalue weighted by Gasteiger charge is 2.29. The maximum atomic E-state index is 13.2. The fourth-order valence-electron chi connectivity index (χ4n) is 3.32. The second-order valence-corrected chi connectivity index (χ2v) is 7.92. The van der Waals surface area contributed by atoms with E-state index >= 15 is 0 Å². The Morgan fingerprint density at radius 2 is 1.76 bits per heavy atom. The first-order valence-corrected chi connectivity index (χ1v) is 10.5. The minimum Gasteiger partial charge on any atom is -0.358 e. The van der Waals surface area contributed by atoms with E-state index in [1.807, 2.05) is 46.7 Å². The summed E-state index contributed by atoms with van der Waals surface area (Å²) in [5.41, 5.74) is 0.996. The number of piperazine rings is 1. The molecule has 1 aromatic carbocycles. The molecule has 3 amide bonds. The number of thiophene rings is 1. The van der Waals surface area contributed by atoms with Crippen LogP contribution in [0.1, 0.15) is 15.2 Å². The monoisotopic (exact) mass is 414 g/mol. The second-order valence-electron chi connectivity index (χ2n) is 6.97. The van der Waals surface area contributed by atoms with Crippen LogP contribution in [0, 0.1) is 0 Å². The number of nitrogens with one attached hydrogen (secondary N) is 2. The molecule has 0 saturated carbocycles. The van der Waals surface area contributed by atoms with Gasteiger partial charge < -0.3 is 15.5 Å². The molecule has 8 heteroatoms. The summed E-state index contributed by atoms with van der Waals surface area (Å²) in [6.45, 7) is 2.68. The zero-order valence-corrected chi connectivity index (χ0v) is 17.3. The molecule has 3 rings (SSSR count). The van der Waals surface area contributed by atoms with Crippen LogP contribution in [0.2, 0.25) is 0 Å². The maximum Gasteiger partial charge on any atom is 0.262 e. The fraction of sp³-hybridized carbons (Fsp3) is 0.381. The number of carbonyl (C=O) groups is 3. The molecule has 0 bridgehead atoms. The predicted octanol–water partition coefficient (Wildman–Crippen LogP) is 0.979. The van der Waals surface area contributed by atoms with Gasteiger partial charge >= 0.3 is 0 Å². The largest absolute Gasteiger partial charge is 0.358 e. The molecule has 1 unspecified atom stereocenters. The van der Waals surface area contributed by atoms with Crippen molar-refractivity contribution in [3.8, 4) is 0 Å². The van der Waals surface area contributed by atoms with E-state index in [1.54, 1.807) is 18.0 Å². The lowest BCUT2D eigenvalue weighted by Crippen LogP contribution is -2.56. The van der Waals surface area contributed by atoms with Crippen LogP contribution in [-0.4, -0.2) is 73.3 Å². The van der Waals surface area contributed by atoms with Crippen molar-refractivity contribution in [2.45, 2.75) is 12.5 Å². The molecular formula is C21H26N4O3S. The van der Waals surface area contributed by atoms with Crippen LogP contribution in [0.25, 0.3) is 0 Å². The van der Waals surface area contributed by atoms with Gasteiger partial charge in [-0.1, -0.05) is 36.4 Å². The normalized spacial score (nSPS) is 15.6. The Labute approximate surface area is 174 Å². The van der Waals surface area contributed by atoms with E-state index in [0.29, 0.717) is 44.0 Å². The van der Waals surface area contributed by atoms with Crippen molar-refractivity contribution in [2.24, 2.45) is 0 Å². The van der Waals surface area contributed by atoms with Gasteiger partial charge in [0.15, 0.2) is 0 Å². The molecule has 2 aromatic rings. The zero-order chi connectivity index (χ0) is 20.6. The van der Waals surface area contributed by atoms with E-state index in [1.165, 1.54) is 11.3 Å². The number of amides is 3. The van der Waals surface area contributed by atoms with Crippen LogP contribution in [-0.2, 0) is 16.0 Å². The van der Waals surface area contributed by atoms with Crippen LogP contribution in [0.3, 0.4) is 0 Å². The molecule has 29 heavy (non-hydrogen) atoms. The number of hydrogen-bond donors (Lipinski definition) is 2. The molecule has 1 aliphatic heterocycles. The van der Waals surface area contributed by atoms with Gasteiger partial charge in [0.25, 0.3) is 5.91 Å². The lowest BCUT2D eigenvalue weighted by atomic mass is 10.0. The lowest BCUT2D eigenvalue weighted by molar-refractivity contribution is -0.135. The highest BCUT2D eigenvalue weighted by atomic mass is 32.1. The molecular weight excluding hydrogens is 388 g/mol. The third kappa shape index (κ3) is 5.88. The zero-order valence-electron chi connectivity index (χ0n) is 16.5. The molecule has 0 radical (unpaired) electrons. The molecule has 1 saturated heterocycles. The summed E-state index contributed by atoms with van der Waals surface area (Å²) in [7, 11) is 1.62. The molecule has 0 aliphatic carbocycles. The van der Waals surface area contributed by atoms with Crippen molar-refractivity contribution < 1.29 is 14.4 Å². The summed E-state index contributed by atoms with van der Waals surface area (Å²) >= 11 is 1.35. The smallest absolute Gasteiger partial charge is 0.262 e. The Balaban J connectivity index is 1.65. The van der Waals surface area contributed by atoms with Crippen LogP contribution in [0.5, 0.6) is 0 Å². The van der Waals surface area contributed by atoms with Crippen molar-refractivity contribution in [1.29, 1.82) is 0 Å². The molecule has 1 aliphatic rings. The Bertz CT molecular complexity index is 818. The Morgan fingerprint density at radius 1 is 1.03 bits per heavy atom. The van der Waals surface area contributed by atoms with E-state index < -0.39 is 6.04 Å². The highest BCUT2D eigenvalue weighted by molar-refractivity contribution is 7.12. The van der Waals surface area contributed by atoms with Crippen molar-refractivity contribution in [1.82, 2.24) is 20.4 Å². The van der Waals surface area contributed by atoms with E-state index in [0.717, 1.165) is 5.56 Å². The maximum absolute atomic E-state index is 13.2. The van der Waals surface area contributed by atoms with Crippen LogP contribution < -0.4 is 10.6 Å².